The molecule has 0 atom stereocenters. The summed E-state index contributed by atoms with van der Waals surface area (Å²) in [5.74, 6) is 0.849. The molecule has 0 radical (unpaired) electrons. The SMILES string of the molecule is CCOCCOCCOCCOCCOCCOCCOCCOCCOc1ccccc1. The third-order valence-electron chi connectivity index (χ3n) is 4.05. The highest BCUT2D eigenvalue weighted by Crippen LogP contribution is 2.07. The molecule has 9 nitrogen and oxygen atoms in total. The van der Waals surface area contributed by atoms with Gasteiger partial charge in [0.2, 0.25) is 0 Å². The predicted molar refractivity (Wildman–Crippen MR) is 124 cm³/mol. The Bertz CT molecular complexity index is 490. The smallest absolute Gasteiger partial charge is 0.119 e. The Labute approximate surface area is 198 Å². The molecule has 0 aliphatic heterocycles. The zero-order valence-electron chi connectivity index (χ0n) is 20.1. The maximum absolute atomic E-state index is 5.54. The van der Waals surface area contributed by atoms with Crippen LogP contribution in [0.5, 0.6) is 5.75 Å². The van der Waals surface area contributed by atoms with E-state index in [9.17, 15) is 0 Å². The number of para-hydroxylation sites is 1. The summed E-state index contributed by atoms with van der Waals surface area (Å²) in [6, 6.07) is 9.68. The van der Waals surface area contributed by atoms with Crippen LogP contribution in [-0.4, -0.2) is 112 Å². The van der Waals surface area contributed by atoms with E-state index in [0.717, 1.165) is 5.75 Å². The Kier molecular flexibility index (Phi) is 22.8. The summed E-state index contributed by atoms with van der Waals surface area (Å²) in [5, 5.41) is 0. The van der Waals surface area contributed by atoms with Gasteiger partial charge in [0.15, 0.2) is 0 Å². The van der Waals surface area contributed by atoms with Gasteiger partial charge >= 0.3 is 0 Å². The summed E-state index contributed by atoms with van der Waals surface area (Å²) in [5.41, 5.74) is 0. The number of ether oxygens (including phenoxy) is 9. The first-order valence-electron chi connectivity index (χ1n) is 11.7. The van der Waals surface area contributed by atoms with Crippen LogP contribution in [0.3, 0.4) is 0 Å². The first kappa shape index (κ1) is 29.7. The second-order valence-electron chi connectivity index (χ2n) is 6.65. The van der Waals surface area contributed by atoms with Crippen LogP contribution in [-0.2, 0) is 37.9 Å². The number of hydrogen-bond acceptors (Lipinski definition) is 9. The van der Waals surface area contributed by atoms with Crippen molar-refractivity contribution in [3.63, 3.8) is 0 Å². The van der Waals surface area contributed by atoms with E-state index in [0.29, 0.717) is 112 Å². The molecule has 33 heavy (non-hydrogen) atoms. The average Bonchev–Trinajstić information content (AvgIpc) is 2.84. The van der Waals surface area contributed by atoms with Crippen LogP contribution in [0.25, 0.3) is 0 Å². The molecule has 0 heterocycles. The van der Waals surface area contributed by atoms with Crippen LogP contribution < -0.4 is 4.74 Å². The highest BCUT2D eigenvalue weighted by molar-refractivity contribution is 5.20. The van der Waals surface area contributed by atoms with E-state index in [4.69, 9.17) is 42.6 Å². The molecular formula is C24H42O9. The van der Waals surface area contributed by atoms with Gasteiger partial charge in [-0.3, -0.25) is 0 Å². The van der Waals surface area contributed by atoms with Crippen LogP contribution in [0.1, 0.15) is 6.92 Å². The molecule has 192 valence electrons. The largest absolute Gasteiger partial charge is 0.491 e. The lowest BCUT2D eigenvalue weighted by atomic mass is 10.3. The minimum absolute atomic E-state index is 0.525. The lowest BCUT2D eigenvalue weighted by Crippen LogP contribution is -2.15. The topological polar surface area (TPSA) is 83.1 Å². The number of rotatable bonds is 26. The molecule has 0 amide bonds. The highest BCUT2D eigenvalue weighted by Gasteiger charge is 1.95. The first-order valence-corrected chi connectivity index (χ1v) is 11.7. The summed E-state index contributed by atoms with van der Waals surface area (Å²) >= 11 is 0. The van der Waals surface area contributed by atoms with E-state index in [2.05, 4.69) is 0 Å². The predicted octanol–water partition coefficient (Wildman–Crippen LogP) is 2.22. The van der Waals surface area contributed by atoms with Gasteiger partial charge in [0, 0.05) is 6.61 Å². The van der Waals surface area contributed by atoms with Crippen molar-refractivity contribution in [2.75, 3.05) is 112 Å². The molecule has 1 aromatic carbocycles. The highest BCUT2D eigenvalue weighted by atomic mass is 16.6. The van der Waals surface area contributed by atoms with Crippen molar-refractivity contribution in [3.8, 4) is 5.75 Å². The number of hydrogen-bond donors (Lipinski definition) is 0. The molecule has 0 N–H and O–H groups in total. The molecule has 0 bridgehead atoms. The van der Waals surface area contributed by atoms with E-state index < -0.39 is 0 Å². The van der Waals surface area contributed by atoms with Crippen LogP contribution in [0.15, 0.2) is 30.3 Å². The zero-order chi connectivity index (χ0) is 23.5. The van der Waals surface area contributed by atoms with E-state index >= 15 is 0 Å². The summed E-state index contributed by atoms with van der Waals surface area (Å²) in [7, 11) is 0. The van der Waals surface area contributed by atoms with E-state index in [-0.39, 0.29) is 0 Å². The van der Waals surface area contributed by atoms with Gasteiger partial charge in [-0.25, -0.2) is 0 Å². The van der Waals surface area contributed by atoms with Gasteiger partial charge in [-0.2, -0.15) is 0 Å². The van der Waals surface area contributed by atoms with Gasteiger partial charge in [0.05, 0.1) is 99.1 Å². The maximum atomic E-state index is 5.54. The maximum Gasteiger partial charge on any atom is 0.119 e. The van der Waals surface area contributed by atoms with Gasteiger partial charge in [0.25, 0.3) is 0 Å². The van der Waals surface area contributed by atoms with Crippen molar-refractivity contribution in [1.29, 1.82) is 0 Å². The zero-order valence-corrected chi connectivity index (χ0v) is 20.1. The molecule has 0 aromatic heterocycles. The lowest BCUT2D eigenvalue weighted by Gasteiger charge is -2.09. The Balaban J connectivity index is 1.64. The summed E-state index contributed by atoms with van der Waals surface area (Å²) in [4.78, 5) is 0. The fourth-order valence-corrected chi connectivity index (χ4v) is 2.42. The first-order chi connectivity index (χ1) is 16.4. The molecule has 0 saturated carbocycles. The Morgan fingerprint density at radius 1 is 0.394 bits per heavy atom. The van der Waals surface area contributed by atoms with Gasteiger partial charge in [-0.15, -0.1) is 0 Å². The van der Waals surface area contributed by atoms with Gasteiger partial charge in [0.1, 0.15) is 12.4 Å². The molecule has 9 heteroatoms. The van der Waals surface area contributed by atoms with E-state index in [1.165, 1.54) is 0 Å². The van der Waals surface area contributed by atoms with Crippen molar-refractivity contribution in [2.24, 2.45) is 0 Å². The molecule has 0 saturated heterocycles. The quantitative estimate of drug-likeness (QED) is 0.188. The second-order valence-corrected chi connectivity index (χ2v) is 6.65. The van der Waals surface area contributed by atoms with Crippen molar-refractivity contribution >= 4 is 0 Å². The molecule has 0 aliphatic rings. The van der Waals surface area contributed by atoms with Crippen LogP contribution in [0.2, 0.25) is 0 Å². The molecule has 0 spiro atoms. The molecule has 1 rings (SSSR count). The Morgan fingerprint density at radius 2 is 0.697 bits per heavy atom. The summed E-state index contributed by atoms with van der Waals surface area (Å²) < 4.78 is 48.7. The van der Waals surface area contributed by atoms with Crippen molar-refractivity contribution in [2.45, 2.75) is 6.92 Å². The summed E-state index contributed by atoms with van der Waals surface area (Å²) in [6.45, 7) is 11.4. The van der Waals surface area contributed by atoms with Gasteiger partial charge in [-0.1, -0.05) is 18.2 Å². The Hall–Kier alpha value is -1.30. The molecule has 0 fully saturated rings. The third kappa shape index (κ3) is 22.3. The fraction of sp³-hybridized carbons (Fsp3) is 0.750. The van der Waals surface area contributed by atoms with Crippen LogP contribution >= 0.6 is 0 Å². The summed E-state index contributed by atoms with van der Waals surface area (Å²) in [6.07, 6.45) is 0. The standard InChI is InChI=1S/C24H42O9/c1-2-25-8-9-26-10-11-27-12-13-28-14-15-29-16-17-30-18-19-31-20-21-32-22-23-33-24-6-4-3-5-7-24/h3-7H,2,8-23H2,1H3. The Morgan fingerprint density at radius 3 is 1.03 bits per heavy atom. The monoisotopic (exact) mass is 474 g/mol. The number of benzene rings is 1. The van der Waals surface area contributed by atoms with Gasteiger partial charge < -0.3 is 42.6 Å². The minimum Gasteiger partial charge on any atom is -0.491 e. The van der Waals surface area contributed by atoms with E-state index in [1.54, 1.807) is 0 Å². The molecular weight excluding hydrogens is 432 g/mol. The minimum atomic E-state index is 0.525. The fourth-order valence-electron chi connectivity index (χ4n) is 2.42. The van der Waals surface area contributed by atoms with Crippen LogP contribution in [0.4, 0.5) is 0 Å². The molecule has 0 aliphatic carbocycles. The normalized spacial score (nSPS) is 11.2. The van der Waals surface area contributed by atoms with Crippen LogP contribution in [0, 0.1) is 0 Å². The third-order valence-corrected chi connectivity index (χ3v) is 4.05. The second kappa shape index (κ2) is 25.3. The molecule has 0 unspecified atom stereocenters. The van der Waals surface area contributed by atoms with Crippen molar-refractivity contribution < 1.29 is 42.6 Å². The molecule has 1 aromatic rings. The lowest BCUT2D eigenvalue weighted by molar-refractivity contribution is -0.0233. The van der Waals surface area contributed by atoms with Gasteiger partial charge in [-0.05, 0) is 19.1 Å². The van der Waals surface area contributed by atoms with Crippen molar-refractivity contribution in [3.05, 3.63) is 30.3 Å². The average molecular weight is 475 g/mol. The van der Waals surface area contributed by atoms with E-state index in [1.807, 2.05) is 37.3 Å². The van der Waals surface area contributed by atoms with Crippen molar-refractivity contribution in [1.82, 2.24) is 0 Å².